The van der Waals surface area contributed by atoms with Crippen molar-refractivity contribution in [3.63, 3.8) is 0 Å². The normalized spacial score (nSPS) is 15.2. The van der Waals surface area contributed by atoms with Crippen LogP contribution in [0.1, 0.15) is 12.0 Å². The lowest BCUT2D eigenvalue weighted by atomic mass is 10.1. The Morgan fingerprint density at radius 3 is 2.77 bits per heavy atom. The first kappa shape index (κ1) is 23.7. The zero-order chi connectivity index (χ0) is 25.1. The van der Waals surface area contributed by atoms with Crippen LogP contribution in [0.4, 0.5) is 21.6 Å². The summed E-state index contributed by atoms with van der Waals surface area (Å²) in [6, 6.07) is 10.3. The summed E-state index contributed by atoms with van der Waals surface area (Å²) < 4.78 is 26.0. The summed E-state index contributed by atoms with van der Waals surface area (Å²) >= 11 is 0. The second-order valence-electron chi connectivity index (χ2n) is 7.81. The van der Waals surface area contributed by atoms with Crippen LogP contribution in [0, 0.1) is 21.8 Å². The number of rotatable bonds is 8. The minimum Gasteiger partial charge on any atom is -0.493 e. The molecular weight excluding hydrogens is 461 g/mol. The highest BCUT2D eigenvalue weighted by Gasteiger charge is 2.36. The molecule has 0 aliphatic carbocycles. The van der Waals surface area contributed by atoms with Crippen molar-refractivity contribution < 1.29 is 28.4 Å². The summed E-state index contributed by atoms with van der Waals surface area (Å²) in [5, 5.41) is 18.1. The molecule has 1 aliphatic rings. The van der Waals surface area contributed by atoms with Crippen LogP contribution in [0.15, 0.2) is 48.7 Å². The van der Waals surface area contributed by atoms with Gasteiger partial charge in [-0.2, -0.15) is 9.49 Å². The summed E-state index contributed by atoms with van der Waals surface area (Å²) in [7, 11) is 3.07. The Morgan fingerprint density at radius 2 is 2.06 bits per heavy atom. The summed E-state index contributed by atoms with van der Waals surface area (Å²) in [4.78, 5) is 36.9. The van der Waals surface area contributed by atoms with E-state index in [2.05, 4.69) is 10.4 Å². The molecule has 0 bridgehead atoms. The fraction of sp³-hybridized carbons (Fsp3) is 0.261. The maximum Gasteiger partial charge on any atom is 0.306 e. The van der Waals surface area contributed by atoms with Crippen LogP contribution in [0.2, 0.25) is 0 Å². The van der Waals surface area contributed by atoms with Crippen molar-refractivity contribution in [2.75, 3.05) is 31.0 Å². The molecule has 0 radical (unpaired) electrons. The van der Waals surface area contributed by atoms with Gasteiger partial charge in [0.05, 0.1) is 43.5 Å². The Kier molecular flexibility index (Phi) is 6.62. The van der Waals surface area contributed by atoms with E-state index in [9.17, 15) is 24.1 Å². The first-order valence-corrected chi connectivity index (χ1v) is 10.6. The number of nitrogens with zero attached hydrogens (tertiary/aromatic N) is 4. The molecule has 1 atom stereocenters. The van der Waals surface area contributed by atoms with Crippen LogP contribution < -0.4 is 19.7 Å². The number of benzene rings is 2. The van der Waals surface area contributed by atoms with Gasteiger partial charge in [0.2, 0.25) is 17.6 Å². The van der Waals surface area contributed by atoms with Crippen molar-refractivity contribution in [1.82, 2.24) is 9.78 Å². The monoisotopic (exact) mass is 483 g/mol. The maximum atomic E-state index is 13.7. The first-order valence-electron chi connectivity index (χ1n) is 10.6. The van der Waals surface area contributed by atoms with Crippen LogP contribution in [0.3, 0.4) is 0 Å². The molecular formula is C23H22FN5O6. The van der Waals surface area contributed by atoms with E-state index < -0.39 is 28.3 Å². The van der Waals surface area contributed by atoms with E-state index in [0.29, 0.717) is 17.3 Å². The number of aromatic nitrogens is 2. The van der Waals surface area contributed by atoms with Crippen molar-refractivity contribution in [3.05, 3.63) is 70.2 Å². The lowest BCUT2D eigenvalue weighted by molar-refractivity contribution is -0.387. The first-order chi connectivity index (χ1) is 16.8. The van der Waals surface area contributed by atoms with E-state index in [-0.39, 0.29) is 31.1 Å². The van der Waals surface area contributed by atoms with Crippen molar-refractivity contribution in [2.24, 2.45) is 5.92 Å². The topological polar surface area (TPSA) is 129 Å². The third-order valence-corrected chi connectivity index (χ3v) is 5.71. The lowest BCUT2D eigenvalue weighted by Crippen LogP contribution is -2.28. The summed E-state index contributed by atoms with van der Waals surface area (Å²) in [6.45, 7) is 0.295. The minimum atomic E-state index is -0.999. The van der Waals surface area contributed by atoms with E-state index in [1.54, 1.807) is 16.8 Å². The molecule has 1 aromatic heterocycles. The molecule has 2 heterocycles. The summed E-state index contributed by atoms with van der Waals surface area (Å²) in [5.41, 5.74) is 0.208. The molecule has 1 saturated heterocycles. The average Bonchev–Trinajstić information content (AvgIpc) is 3.45. The quantitative estimate of drug-likeness (QED) is 0.385. The Morgan fingerprint density at radius 1 is 1.26 bits per heavy atom. The highest BCUT2D eigenvalue weighted by Crippen LogP contribution is 2.32. The van der Waals surface area contributed by atoms with Gasteiger partial charge in [-0.15, -0.1) is 0 Å². The van der Waals surface area contributed by atoms with E-state index in [1.807, 2.05) is 12.1 Å². The molecule has 182 valence electrons. The third kappa shape index (κ3) is 4.76. The molecule has 3 aromatic rings. The number of nitro benzene ring substituents is 1. The smallest absolute Gasteiger partial charge is 0.306 e. The molecule has 2 amide bonds. The van der Waals surface area contributed by atoms with Crippen molar-refractivity contribution in [3.8, 4) is 11.5 Å². The maximum absolute atomic E-state index is 13.7. The number of halogens is 1. The van der Waals surface area contributed by atoms with Crippen LogP contribution >= 0.6 is 0 Å². The number of hydrogen-bond acceptors (Lipinski definition) is 7. The Balaban J connectivity index is 1.48. The van der Waals surface area contributed by atoms with Crippen LogP contribution in [0.25, 0.3) is 0 Å². The molecule has 2 aromatic carbocycles. The van der Waals surface area contributed by atoms with Gasteiger partial charge in [-0.25, -0.2) is 4.68 Å². The second-order valence-corrected chi connectivity index (χ2v) is 7.81. The van der Waals surface area contributed by atoms with Gasteiger partial charge in [0, 0.05) is 30.7 Å². The SMILES string of the molecule is COc1cccc(Cn2nccc2NC(=O)C2CC(=O)N(c3ccc(F)c([N+](=O)[O-])c3)C2)c1OC. The number of nitrogens with one attached hydrogen (secondary N) is 1. The highest BCUT2D eigenvalue weighted by molar-refractivity contribution is 6.03. The number of carbonyl (C=O) groups is 2. The molecule has 0 spiro atoms. The van der Waals surface area contributed by atoms with Gasteiger partial charge in [0.15, 0.2) is 11.5 Å². The molecule has 1 N–H and O–H groups in total. The van der Waals surface area contributed by atoms with Gasteiger partial charge in [-0.05, 0) is 18.2 Å². The molecule has 0 saturated carbocycles. The summed E-state index contributed by atoms with van der Waals surface area (Å²) in [5.74, 6) is -0.968. The zero-order valence-corrected chi connectivity index (χ0v) is 18.9. The number of methoxy groups -OCH3 is 2. The minimum absolute atomic E-state index is 0.00526. The largest absolute Gasteiger partial charge is 0.493 e. The second kappa shape index (κ2) is 9.79. The number of amides is 2. The number of anilines is 2. The van der Waals surface area contributed by atoms with E-state index in [1.165, 1.54) is 31.4 Å². The van der Waals surface area contributed by atoms with Crippen LogP contribution in [-0.2, 0) is 16.1 Å². The average molecular weight is 483 g/mol. The van der Waals surface area contributed by atoms with Crippen LogP contribution in [0.5, 0.6) is 11.5 Å². The number of nitro groups is 1. The van der Waals surface area contributed by atoms with Gasteiger partial charge >= 0.3 is 5.69 Å². The molecule has 1 fully saturated rings. The zero-order valence-electron chi connectivity index (χ0n) is 18.9. The van der Waals surface area contributed by atoms with E-state index >= 15 is 0 Å². The number of ether oxygens (including phenoxy) is 2. The standard InChI is InChI=1S/C23H22FN5O6/c1-34-19-5-3-4-14(22(19)35-2)13-28-20(8-9-25-28)26-23(31)15-10-21(30)27(12-15)16-6-7-17(24)18(11-16)29(32)33/h3-9,11,15H,10,12-13H2,1-2H3,(H,26,31). The fourth-order valence-corrected chi connectivity index (χ4v) is 3.97. The van der Waals surface area contributed by atoms with Gasteiger partial charge < -0.3 is 19.7 Å². The van der Waals surface area contributed by atoms with E-state index in [0.717, 1.165) is 17.7 Å². The molecule has 11 nitrogen and oxygen atoms in total. The van der Waals surface area contributed by atoms with Crippen molar-refractivity contribution in [2.45, 2.75) is 13.0 Å². The predicted molar refractivity (Wildman–Crippen MR) is 123 cm³/mol. The molecule has 35 heavy (non-hydrogen) atoms. The fourth-order valence-electron chi connectivity index (χ4n) is 3.97. The molecule has 12 heteroatoms. The van der Waals surface area contributed by atoms with Crippen molar-refractivity contribution >= 4 is 29.0 Å². The molecule has 4 rings (SSSR count). The summed E-state index contributed by atoms with van der Waals surface area (Å²) in [6.07, 6.45) is 1.45. The van der Waals surface area contributed by atoms with E-state index in [4.69, 9.17) is 9.47 Å². The van der Waals surface area contributed by atoms with Crippen LogP contribution in [-0.4, -0.2) is 47.3 Å². The highest BCUT2D eigenvalue weighted by atomic mass is 19.1. The number of carbonyl (C=O) groups excluding carboxylic acids is 2. The Hall–Kier alpha value is -4.48. The van der Waals surface area contributed by atoms with Gasteiger partial charge in [-0.1, -0.05) is 12.1 Å². The Labute approximate surface area is 199 Å². The van der Waals surface area contributed by atoms with Gasteiger partial charge in [0.25, 0.3) is 0 Å². The number of para-hydroxylation sites is 1. The van der Waals surface area contributed by atoms with Gasteiger partial charge in [-0.3, -0.25) is 19.7 Å². The van der Waals surface area contributed by atoms with Gasteiger partial charge in [0.1, 0.15) is 5.82 Å². The van der Waals surface area contributed by atoms with Crippen molar-refractivity contribution in [1.29, 1.82) is 0 Å². The molecule has 1 unspecified atom stereocenters. The predicted octanol–water partition coefficient (Wildman–Crippen LogP) is 2.99. The number of hydrogen-bond donors (Lipinski definition) is 1. The Bertz CT molecular complexity index is 1290. The molecule has 1 aliphatic heterocycles. The third-order valence-electron chi connectivity index (χ3n) is 5.71. The lowest BCUT2D eigenvalue weighted by Gasteiger charge is -2.17.